The van der Waals surface area contributed by atoms with Crippen LogP contribution in [0.25, 0.3) is 0 Å². The van der Waals surface area contributed by atoms with Crippen LogP contribution in [0.15, 0.2) is 0 Å². The second kappa shape index (κ2) is 14.7. The van der Waals surface area contributed by atoms with E-state index in [2.05, 4.69) is 8.83 Å². The van der Waals surface area contributed by atoms with Crippen molar-refractivity contribution in [2.24, 2.45) is 0 Å². The van der Waals surface area contributed by atoms with Gasteiger partial charge in [-0.3, -0.25) is 4.52 Å². The van der Waals surface area contributed by atoms with Gasteiger partial charge in [-0.1, -0.05) is 0 Å². The second-order valence-electron chi connectivity index (χ2n) is 1.46. The Kier molecular flexibility index (Phi) is 30.9. The minimum absolute atomic E-state index is 0. The average Bonchev–Trinajstić information content (AvgIpc) is 1.55. The van der Waals surface area contributed by atoms with Crippen LogP contribution >= 0.6 is 15.6 Å². The predicted octanol–water partition coefficient (Wildman–Crippen LogP) is -11.3. The Morgan fingerprint density at radius 3 is 1.60 bits per heavy atom. The molecule has 0 heterocycles. The van der Waals surface area contributed by atoms with Crippen molar-refractivity contribution in [3.05, 3.63) is 0 Å². The maximum atomic E-state index is 10.4. The Hall–Kier alpha value is 4.26. The van der Waals surface area contributed by atoms with E-state index in [0.29, 0.717) is 0 Å². The Balaban J connectivity index is -0.0000000179. The molecular weight excluding hydrogens is 290 g/mol. The minimum Gasteiger partial charge on any atom is -1.00 e. The predicted molar refractivity (Wildman–Crippen MR) is 39.0 cm³/mol. The van der Waals surface area contributed by atoms with Crippen LogP contribution in [0.4, 0.5) is 0 Å². The van der Waals surface area contributed by atoms with Gasteiger partial charge in [-0.15, -0.1) is 0 Å². The minimum atomic E-state index is -4.96. The molecule has 0 aliphatic rings. The molecular formula is C2H12Na4O7P2. The van der Waals surface area contributed by atoms with Gasteiger partial charge in [0.1, 0.15) is 0 Å². The van der Waals surface area contributed by atoms with Crippen LogP contribution in [0.1, 0.15) is 12.6 Å². The number of phosphoric ester groups is 1. The summed E-state index contributed by atoms with van der Waals surface area (Å²) in [5, 5.41) is 0. The molecule has 1 atom stereocenters. The fourth-order valence-electron chi connectivity index (χ4n) is 0.321. The third-order valence-electron chi connectivity index (χ3n) is 0.502. The summed E-state index contributed by atoms with van der Waals surface area (Å²) in [4.78, 5) is 24.6. The van der Waals surface area contributed by atoms with E-state index >= 15 is 0 Å². The van der Waals surface area contributed by atoms with E-state index in [-0.39, 0.29) is 131 Å². The zero-order valence-corrected chi connectivity index (χ0v) is 19.4. The standard InChI is InChI=1S/C2H8O7P2.4Na.4H/c1-2-8-11(6,7)9-10(3,4)5;;;;;;;;/h2H2,1H3,(H,6,7)(H2,3,4,5);;;;;;;;/q;4*+1;4*-1. The molecule has 0 aliphatic carbocycles. The summed E-state index contributed by atoms with van der Waals surface area (Å²) in [5.74, 6) is 0. The van der Waals surface area contributed by atoms with Gasteiger partial charge >= 0.3 is 134 Å². The molecule has 0 aromatic carbocycles. The summed E-state index contributed by atoms with van der Waals surface area (Å²) in [7, 11) is -9.53. The zero-order chi connectivity index (χ0) is 9.12. The third kappa shape index (κ3) is 23.7. The third-order valence-corrected chi connectivity index (χ3v) is 2.76. The fraction of sp³-hybridized carbons (Fsp3) is 1.00. The number of hydrogen-bond donors (Lipinski definition) is 3. The van der Waals surface area contributed by atoms with Crippen LogP contribution in [0.5, 0.6) is 0 Å². The van der Waals surface area contributed by atoms with Crippen molar-refractivity contribution in [2.75, 3.05) is 6.61 Å². The average molecular weight is 302 g/mol. The smallest absolute Gasteiger partial charge is 1.00 e. The van der Waals surface area contributed by atoms with Crippen molar-refractivity contribution in [3.8, 4) is 0 Å². The molecule has 0 radical (unpaired) electrons. The summed E-state index contributed by atoms with van der Waals surface area (Å²) in [6.07, 6.45) is 0. The van der Waals surface area contributed by atoms with Crippen molar-refractivity contribution in [3.63, 3.8) is 0 Å². The van der Waals surface area contributed by atoms with Gasteiger partial charge in [-0.25, -0.2) is 9.13 Å². The molecule has 15 heavy (non-hydrogen) atoms. The molecule has 0 aromatic heterocycles. The van der Waals surface area contributed by atoms with Crippen LogP contribution in [-0.2, 0) is 18.0 Å². The first-order chi connectivity index (χ1) is 4.77. The molecule has 0 rings (SSSR count). The van der Waals surface area contributed by atoms with E-state index in [4.69, 9.17) is 14.7 Å². The number of rotatable bonds is 4. The van der Waals surface area contributed by atoms with Crippen molar-refractivity contribution in [1.29, 1.82) is 0 Å². The molecule has 13 heteroatoms. The molecule has 0 spiro atoms. The van der Waals surface area contributed by atoms with Gasteiger partial charge in [-0.2, -0.15) is 4.31 Å². The van der Waals surface area contributed by atoms with Crippen LogP contribution in [0.3, 0.4) is 0 Å². The molecule has 0 amide bonds. The molecule has 1 unspecified atom stereocenters. The van der Waals surface area contributed by atoms with Gasteiger partial charge in [0.05, 0.1) is 6.61 Å². The van der Waals surface area contributed by atoms with Crippen molar-refractivity contribution in [1.82, 2.24) is 0 Å². The summed E-state index contributed by atoms with van der Waals surface area (Å²) >= 11 is 0. The first kappa shape index (κ1) is 31.6. The normalized spacial score (nSPS) is 13.1. The Bertz CT molecular complexity index is 231. The molecule has 0 bridgehead atoms. The van der Waals surface area contributed by atoms with Gasteiger partial charge in [-0.05, 0) is 6.92 Å². The van der Waals surface area contributed by atoms with Gasteiger partial charge in [0.2, 0.25) is 0 Å². The Morgan fingerprint density at radius 1 is 1.07 bits per heavy atom. The van der Waals surface area contributed by atoms with E-state index < -0.39 is 15.6 Å². The fourth-order valence-corrected chi connectivity index (χ4v) is 1.91. The molecule has 0 fully saturated rings. The number of hydrogen-bond acceptors (Lipinski definition) is 4. The second-order valence-corrected chi connectivity index (χ2v) is 4.29. The van der Waals surface area contributed by atoms with Gasteiger partial charge in [0.15, 0.2) is 0 Å². The first-order valence-corrected chi connectivity index (χ1v) is 5.53. The first-order valence-electron chi connectivity index (χ1n) is 2.51. The Labute approximate surface area is 182 Å². The molecule has 3 N–H and O–H groups in total. The molecule has 0 aliphatic heterocycles. The van der Waals surface area contributed by atoms with E-state index in [1.807, 2.05) is 0 Å². The van der Waals surface area contributed by atoms with Crippen LogP contribution in [0.2, 0.25) is 0 Å². The number of phosphoric acid groups is 2. The monoisotopic (exact) mass is 302 g/mol. The zero-order valence-electron chi connectivity index (χ0n) is 13.6. The quantitative estimate of drug-likeness (QED) is 0.349. The van der Waals surface area contributed by atoms with Crippen molar-refractivity contribution < 1.29 is 157 Å². The molecule has 76 valence electrons. The van der Waals surface area contributed by atoms with Gasteiger partial charge in [0.25, 0.3) is 0 Å². The van der Waals surface area contributed by atoms with Crippen LogP contribution < -0.4 is 118 Å². The summed E-state index contributed by atoms with van der Waals surface area (Å²) in [5.41, 5.74) is 0. The van der Waals surface area contributed by atoms with E-state index in [1.165, 1.54) is 6.92 Å². The molecule has 7 nitrogen and oxygen atoms in total. The maximum Gasteiger partial charge on any atom is 1.00 e. The summed E-state index contributed by atoms with van der Waals surface area (Å²) < 4.78 is 27.9. The largest absolute Gasteiger partial charge is 1.00 e. The topological polar surface area (TPSA) is 113 Å². The van der Waals surface area contributed by atoms with Crippen molar-refractivity contribution in [2.45, 2.75) is 6.92 Å². The van der Waals surface area contributed by atoms with E-state index in [0.717, 1.165) is 0 Å². The van der Waals surface area contributed by atoms with Crippen molar-refractivity contribution >= 4 is 15.6 Å². The maximum absolute atomic E-state index is 10.4. The van der Waals surface area contributed by atoms with Gasteiger partial charge in [0, 0.05) is 0 Å². The van der Waals surface area contributed by atoms with E-state index in [1.54, 1.807) is 0 Å². The molecule has 0 saturated heterocycles. The Morgan fingerprint density at radius 2 is 1.40 bits per heavy atom. The summed E-state index contributed by atoms with van der Waals surface area (Å²) in [6, 6.07) is 0. The molecule has 0 saturated carbocycles. The van der Waals surface area contributed by atoms with Gasteiger partial charge < -0.3 is 20.4 Å². The molecule has 0 aromatic rings. The summed E-state index contributed by atoms with van der Waals surface area (Å²) in [6.45, 7) is 1.21. The van der Waals surface area contributed by atoms with Crippen LogP contribution in [0, 0.1) is 0 Å². The SMILES string of the molecule is CCOP(=O)(O)OP(=O)(O)O.[H-].[H-].[H-].[H-].[Na+].[Na+].[Na+].[Na+]. The van der Waals surface area contributed by atoms with Crippen LogP contribution in [-0.4, -0.2) is 21.3 Å². The van der Waals surface area contributed by atoms with E-state index in [9.17, 15) is 9.13 Å².